The second-order valence-corrected chi connectivity index (χ2v) is 18.7. The molecule has 0 saturated carbocycles. The molecular weight excluding hydrogens is 799 g/mol. The third-order valence-corrected chi connectivity index (χ3v) is 14.8. The first-order valence-electron chi connectivity index (χ1n) is 21.2. The maximum Gasteiger partial charge on any atom is 0.161 e. The summed E-state index contributed by atoms with van der Waals surface area (Å²) >= 11 is 3.54. The highest BCUT2D eigenvalue weighted by atomic mass is 32.1. The van der Waals surface area contributed by atoms with Crippen LogP contribution in [-0.2, 0) is 50.0 Å². The van der Waals surface area contributed by atoms with Crippen molar-refractivity contribution >= 4 is 84.3 Å². The zero-order valence-corrected chi connectivity index (χ0v) is 35.4. The first-order valence-corrected chi connectivity index (χ1v) is 22.8. The predicted octanol–water partition coefficient (Wildman–Crippen LogP) is 8.86. The molecule has 3 aromatic carbocycles. The van der Waals surface area contributed by atoms with E-state index in [-0.39, 0.29) is 5.78 Å². The number of nitrogens with two attached hydrogens (primary N) is 1. The van der Waals surface area contributed by atoms with Crippen LogP contribution < -0.4 is 16.4 Å². The number of hydrogen-bond acceptors (Lipinski definition) is 13. The number of carbonyl (C=O) groups is 1. The van der Waals surface area contributed by atoms with E-state index in [1.807, 2.05) is 42.8 Å². The van der Waals surface area contributed by atoms with Crippen molar-refractivity contribution in [3.8, 4) is 0 Å². The van der Waals surface area contributed by atoms with Crippen LogP contribution in [0.1, 0.15) is 74.4 Å². The number of rotatable bonds is 11. The van der Waals surface area contributed by atoms with Crippen LogP contribution in [0.2, 0.25) is 0 Å². The van der Waals surface area contributed by atoms with Gasteiger partial charge >= 0.3 is 0 Å². The van der Waals surface area contributed by atoms with Crippen molar-refractivity contribution in [3.63, 3.8) is 0 Å². The fourth-order valence-electron chi connectivity index (χ4n) is 9.09. The quantitative estimate of drug-likeness (QED) is 0.0996. The molecule has 0 saturated heterocycles. The van der Waals surface area contributed by atoms with Crippen LogP contribution in [0.25, 0.3) is 20.4 Å². The number of benzene rings is 3. The number of carbonyl (C=O) groups excluding carboxylic acids is 1. The minimum atomic E-state index is -0.926. The van der Waals surface area contributed by atoms with Crippen LogP contribution in [0.15, 0.2) is 89.4 Å². The Morgan fingerprint density at radius 2 is 1.30 bits per heavy atom. The Kier molecular flexibility index (Phi) is 11.2. The van der Waals surface area contributed by atoms with Crippen LogP contribution in [-0.4, -0.2) is 55.9 Å². The molecule has 0 bridgehead atoms. The van der Waals surface area contributed by atoms with Crippen LogP contribution in [0.3, 0.4) is 0 Å². The summed E-state index contributed by atoms with van der Waals surface area (Å²) in [5.74, 6) is 2.74. The molecule has 4 aromatic heterocycles. The molecule has 6 heterocycles. The number of aromatic nitrogens is 4. The monoisotopic (exact) mass is 845 g/mol. The highest BCUT2D eigenvalue weighted by molar-refractivity contribution is 7.19. The summed E-state index contributed by atoms with van der Waals surface area (Å²) in [7, 11) is 0. The molecular formula is C48H47N9O2S2. The van der Waals surface area contributed by atoms with Gasteiger partial charge in [0.2, 0.25) is 0 Å². The van der Waals surface area contributed by atoms with Crippen LogP contribution in [0.4, 0.5) is 23.0 Å². The Morgan fingerprint density at radius 3 is 1.87 bits per heavy atom. The molecule has 11 rings (SSSR count). The topological polar surface area (TPSA) is 164 Å². The van der Waals surface area contributed by atoms with Gasteiger partial charge in [-0.15, -0.1) is 22.7 Å². The zero-order valence-electron chi connectivity index (χ0n) is 33.8. The zero-order chi connectivity index (χ0) is 41.3. The van der Waals surface area contributed by atoms with Gasteiger partial charge in [0.25, 0.3) is 0 Å². The number of nitrogens with one attached hydrogen (secondary N) is 2. The van der Waals surface area contributed by atoms with E-state index in [0.29, 0.717) is 24.7 Å². The van der Waals surface area contributed by atoms with Gasteiger partial charge in [0, 0.05) is 46.4 Å². The molecule has 0 radical (unpaired) electrons. The standard InChI is InChI=1S/C29H28N4O2S.C19H19N5S/c34-24(25(35)12-18-4-2-1-3-5-18)11-7-19-6-10-23-26(13-19)36-29-27(23)28(31-17-32-29)33-22-9-8-20-15-30-16-21(20)14-22;20-7-11-1-4-15-16(5-11)25-19-17(15)18(22-10-23-19)24-14-3-2-12-8-21-9-13(12)6-14/h1-5,8-9,14,16-17,19,25,35H,6-7,10-13,15H2,(H,31,32,33);2-3,6,9-11H,1,4-5,7-8,20H2,(H,22,23,24)/t19?,25-;/m0./s1. The molecule has 5 N–H and O–H groups in total. The van der Waals surface area contributed by atoms with E-state index in [2.05, 4.69) is 77.0 Å². The number of Topliss-reactive ketones (excluding diaryl/α,β-unsaturated/α-hetero) is 1. The average molecular weight is 846 g/mol. The van der Waals surface area contributed by atoms with E-state index < -0.39 is 6.10 Å². The van der Waals surface area contributed by atoms with Gasteiger partial charge in [0.05, 0.1) is 23.9 Å². The molecule has 0 amide bonds. The maximum absolute atomic E-state index is 12.6. The highest BCUT2D eigenvalue weighted by Gasteiger charge is 2.28. The van der Waals surface area contributed by atoms with E-state index in [9.17, 15) is 9.90 Å². The lowest BCUT2D eigenvalue weighted by Crippen LogP contribution is -2.24. The molecule has 13 heteroatoms. The molecule has 3 atom stereocenters. The number of nitrogens with zero attached hydrogens (tertiary/aromatic N) is 6. The van der Waals surface area contributed by atoms with Crippen molar-refractivity contribution in [2.24, 2.45) is 27.6 Å². The lowest BCUT2D eigenvalue weighted by molar-refractivity contribution is -0.127. The lowest BCUT2D eigenvalue weighted by atomic mass is 9.84. The Bertz CT molecular complexity index is 2820. The van der Waals surface area contributed by atoms with E-state index in [1.54, 1.807) is 35.3 Å². The van der Waals surface area contributed by atoms with Gasteiger partial charge in [-0.25, -0.2) is 19.9 Å². The van der Waals surface area contributed by atoms with Gasteiger partial charge in [0.15, 0.2) is 5.78 Å². The number of fused-ring (bicyclic) bond motifs is 8. The second kappa shape index (κ2) is 17.3. The number of anilines is 4. The molecule has 4 aliphatic rings. The van der Waals surface area contributed by atoms with E-state index >= 15 is 0 Å². The molecule has 2 aliphatic carbocycles. The minimum absolute atomic E-state index is 0.0577. The minimum Gasteiger partial charge on any atom is -0.385 e. The van der Waals surface area contributed by atoms with Crippen LogP contribution in [0, 0.1) is 11.8 Å². The average Bonchev–Trinajstić information content (AvgIpc) is 4.10. The third kappa shape index (κ3) is 8.35. The Labute approximate surface area is 362 Å². The fourth-order valence-corrected chi connectivity index (χ4v) is 11.7. The van der Waals surface area contributed by atoms with Crippen molar-refractivity contribution in [3.05, 3.63) is 128 Å². The van der Waals surface area contributed by atoms with Crippen molar-refractivity contribution in [1.82, 2.24) is 19.9 Å². The molecule has 11 nitrogen and oxygen atoms in total. The Balaban J connectivity index is 0.000000156. The van der Waals surface area contributed by atoms with Crippen molar-refractivity contribution < 1.29 is 9.90 Å². The number of ketones is 1. The molecule has 61 heavy (non-hydrogen) atoms. The SMILES string of the molecule is NCC1CCc2c(sc3ncnc(Nc4ccc5c(c4)C=NC5)c23)C1.O=C(CCC1CCc2c(sc3ncnc(Nc4ccc5c(c4)C=NC5)c23)C1)[C@@H](O)Cc1ccccc1. The van der Waals surface area contributed by atoms with Gasteiger partial charge in [-0.05, 0) is 127 Å². The van der Waals surface area contributed by atoms with Gasteiger partial charge in [-0.2, -0.15) is 0 Å². The molecule has 7 aromatic rings. The molecule has 0 fully saturated rings. The first kappa shape index (κ1) is 39.4. The Morgan fingerprint density at radius 1 is 0.738 bits per heavy atom. The summed E-state index contributed by atoms with van der Waals surface area (Å²) in [6.45, 7) is 2.30. The van der Waals surface area contributed by atoms with Crippen molar-refractivity contribution in [2.75, 3.05) is 17.2 Å². The summed E-state index contributed by atoms with van der Waals surface area (Å²) in [4.78, 5) is 44.3. The van der Waals surface area contributed by atoms with E-state index in [1.165, 1.54) is 43.0 Å². The number of aliphatic imine (C=N–C) groups is 2. The van der Waals surface area contributed by atoms with Crippen LogP contribution >= 0.6 is 22.7 Å². The smallest absolute Gasteiger partial charge is 0.161 e. The predicted molar refractivity (Wildman–Crippen MR) is 247 cm³/mol. The number of thiophene rings is 2. The summed E-state index contributed by atoms with van der Waals surface area (Å²) < 4.78 is 0. The van der Waals surface area contributed by atoms with Gasteiger partial charge < -0.3 is 21.5 Å². The number of aryl methyl sites for hydroxylation is 2. The molecule has 308 valence electrons. The first-order chi connectivity index (χ1) is 30.0. The van der Waals surface area contributed by atoms with Crippen LogP contribution in [0.5, 0.6) is 0 Å². The summed E-state index contributed by atoms with van der Waals surface area (Å²) in [6, 6.07) is 22.4. The number of hydrogen-bond donors (Lipinski definition) is 4. The van der Waals surface area contributed by atoms with E-state index in [4.69, 9.17) is 5.73 Å². The summed E-state index contributed by atoms with van der Waals surface area (Å²) in [6.07, 6.45) is 14.1. The molecule has 2 unspecified atom stereocenters. The van der Waals surface area contributed by atoms with Gasteiger partial charge in [-0.1, -0.05) is 42.5 Å². The second-order valence-electron chi connectivity index (χ2n) is 16.5. The van der Waals surface area contributed by atoms with Gasteiger partial charge in [0.1, 0.15) is 40.1 Å². The van der Waals surface area contributed by atoms with Gasteiger partial charge in [-0.3, -0.25) is 14.8 Å². The molecule has 2 aliphatic heterocycles. The van der Waals surface area contributed by atoms with E-state index in [0.717, 1.165) is 114 Å². The number of aliphatic hydroxyl groups is 1. The number of aliphatic hydroxyl groups excluding tert-OH is 1. The Hall–Kier alpha value is -5.73. The molecule has 0 spiro atoms. The highest BCUT2D eigenvalue weighted by Crippen LogP contribution is 2.42. The largest absolute Gasteiger partial charge is 0.385 e. The lowest BCUT2D eigenvalue weighted by Gasteiger charge is -2.22. The summed E-state index contributed by atoms with van der Waals surface area (Å²) in [5, 5.41) is 19.7. The fraction of sp³-hybridized carbons (Fsp3) is 0.312. The normalized spacial score (nSPS) is 17.6. The summed E-state index contributed by atoms with van der Waals surface area (Å²) in [5.41, 5.74) is 16.5. The third-order valence-electron chi connectivity index (χ3n) is 12.5. The van der Waals surface area contributed by atoms with Crippen molar-refractivity contribution in [1.29, 1.82) is 0 Å². The maximum atomic E-state index is 12.6. The van der Waals surface area contributed by atoms with Crippen molar-refractivity contribution in [2.45, 2.75) is 77.0 Å².